The number of anilines is 1. The summed E-state index contributed by atoms with van der Waals surface area (Å²) in [6.45, 7) is 4.70. The van der Waals surface area contributed by atoms with E-state index in [1.807, 2.05) is 31.2 Å². The summed E-state index contributed by atoms with van der Waals surface area (Å²) in [4.78, 5) is 25.6. The van der Waals surface area contributed by atoms with Crippen LogP contribution in [0, 0.1) is 0 Å². The molecule has 132 valence electrons. The number of hydrogen-bond donors (Lipinski definition) is 1. The number of nitrogens with zero attached hydrogens (tertiary/aromatic N) is 1. The average Bonchev–Trinajstić information content (AvgIpc) is 2.59. The summed E-state index contributed by atoms with van der Waals surface area (Å²) >= 11 is 5.89. The molecule has 0 unspecified atom stereocenters. The van der Waals surface area contributed by atoms with Gasteiger partial charge >= 0.3 is 0 Å². The Bertz CT molecular complexity index is 732. The molecule has 1 N–H and O–H groups in total. The van der Waals surface area contributed by atoms with Crippen LogP contribution in [-0.4, -0.2) is 31.5 Å². The van der Waals surface area contributed by atoms with Crippen molar-refractivity contribution in [2.75, 3.05) is 24.6 Å². The van der Waals surface area contributed by atoms with Crippen LogP contribution in [0.15, 0.2) is 48.5 Å². The molecule has 0 aliphatic carbocycles. The summed E-state index contributed by atoms with van der Waals surface area (Å²) < 4.78 is 5.40. The van der Waals surface area contributed by atoms with Crippen molar-refractivity contribution in [2.45, 2.75) is 13.8 Å². The number of hydrogen-bond acceptors (Lipinski definition) is 3. The molecule has 5 nitrogen and oxygen atoms in total. The third-order valence-electron chi connectivity index (χ3n) is 3.55. The first kappa shape index (κ1) is 18.8. The van der Waals surface area contributed by atoms with Gasteiger partial charge in [-0.3, -0.25) is 9.59 Å². The van der Waals surface area contributed by atoms with Crippen LogP contribution < -0.4 is 15.0 Å². The van der Waals surface area contributed by atoms with Gasteiger partial charge in [0, 0.05) is 36.3 Å². The zero-order valence-corrected chi connectivity index (χ0v) is 15.0. The lowest BCUT2D eigenvalue weighted by Crippen LogP contribution is -2.37. The number of ether oxygens (including phenoxy) is 1. The van der Waals surface area contributed by atoms with Gasteiger partial charge in [-0.25, -0.2) is 0 Å². The van der Waals surface area contributed by atoms with E-state index in [2.05, 4.69) is 5.32 Å². The Kier molecular flexibility index (Phi) is 6.83. The number of nitrogens with one attached hydrogen (secondary N) is 1. The molecule has 2 amide bonds. The van der Waals surface area contributed by atoms with Crippen molar-refractivity contribution in [2.24, 2.45) is 0 Å². The van der Waals surface area contributed by atoms with E-state index in [4.69, 9.17) is 16.3 Å². The minimum atomic E-state index is -0.224. The van der Waals surface area contributed by atoms with Crippen LogP contribution in [0.3, 0.4) is 0 Å². The molecule has 0 saturated heterocycles. The highest BCUT2D eigenvalue weighted by molar-refractivity contribution is 6.30. The maximum absolute atomic E-state index is 12.1. The first-order chi connectivity index (χ1) is 12.0. The number of rotatable bonds is 7. The van der Waals surface area contributed by atoms with Crippen molar-refractivity contribution in [1.82, 2.24) is 5.32 Å². The second-order valence-corrected chi connectivity index (χ2v) is 5.80. The van der Waals surface area contributed by atoms with E-state index in [1.165, 1.54) is 6.92 Å². The quantitative estimate of drug-likeness (QED) is 0.821. The van der Waals surface area contributed by atoms with Gasteiger partial charge in [-0.1, -0.05) is 17.7 Å². The SMILES string of the molecule is CCOc1ccc(N(CCNC(=O)c2cccc(Cl)c2)C(C)=O)cc1. The van der Waals surface area contributed by atoms with Crippen LogP contribution in [0.5, 0.6) is 5.75 Å². The molecule has 6 heteroatoms. The van der Waals surface area contributed by atoms with Gasteiger partial charge in [0.05, 0.1) is 6.61 Å². The molecule has 0 fully saturated rings. The molecule has 2 rings (SSSR count). The molecule has 0 aromatic heterocycles. The van der Waals surface area contributed by atoms with Crippen LogP contribution in [0.25, 0.3) is 0 Å². The van der Waals surface area contributed by atoms with Crippen LogP contribution in [0.4, 0.5) is 5.69 Å². The largest absolute Gasteiger partial charge is 0.494 e. The second kappa shape index (κ2) is 9.08. The van der Waals surface area contributed by atoms with Crippen molar-refractivity contribution < 1.29 is 14.3 Å². The van der Waals surface area contributed by atoms with E-state index < -0.39 is 0 Å². The van der Waals surface area contributed by atoms with Gasteiger partial charge in [-0.2, -0.15) is 0 Å². The van der Waals surface area contributed by atoms with E-state index in [0.29, 0.717) is 30.3 Å². The van der Waals surface area contributed by atoms with Gasteiger partial charge in [0.15, 0.2) is 0 Å². The van der Waals surface area contributed by atoms with Gasteiger partial charge in [0.25, 0.3) is 5.91 Å². The molecule has 0 radical (unpaired) electrons. The zero-order valence-electron chi connectivity index (χ0n) is 14.3. The van der Waals surface area contributed by atoms with Crippen molar-refractivity contribution in [3.63, 3.8) is 0 Å². The highest BCUT2D eigenvalue weighted by Gasteiger charge is 2.12. The molecule has 0 atom stereocenters. The topological polar surface area (TPSA) is 58.6 Å². The second-order valence-electron chi connectivity index (χ2n) is 5.36. The fourth-order valence-electron chi connectivity index (χ4n) is 2.37. The summed E-state index contributed by atoms with van der Waals surface area (Å²) in [7, 11) is 0. The summed E-state index contributed by atoms with van der Waals surface area (Å²) in [5.74, 6) is 0.433. The van der Waals surface area contributed by atoms with Gasteiger partial charge in [-0.15, -0.1) is 0 Å². The first-order valence-corrected chi connectivity index (χ1v) is 8.43. The minimum absolute atomic E-state index is 0.0961. The predicted molar refractivity (Wildman–Crippen MR) is 99.4 cm³/mol. The van der Waals surface area contributed by atoms with Crippen LogP contribution in [0.2, 0.25) is 5.02 Å². The number of halogens is 1. The first-order valence-electron chi connectivity index (χ1n) is 8.06. The van der Waals surface area contributed by atoms with Crippen LogP contribution in [-0.2, 0) is 4.79 Å². The highest BCUT2D eigenvalue weighted by Crippen LogP contribution is 2.19. The Balaban J connectivity index is 1.95. The summed E-state index contributed by atoms with van der Waals surface area (Å²) in [6.07, 6.45) is 0. The van der Waals surface area contributed by atoms with Crippen molar-refractivity contribution >= 4 is 29.1 Å². The lowest BCUT2D eigenvalue weighted by molar-refractivity contribution is -0.116. The minimum Gasteiger partial charge on any atom is -0.494 e. The van der Waals surface area contributed by atoms with E-state index in [1.54, 1.807) is 29.2 Å². The van der Waals surface area contributed by atoms with E-state index in [9.17, 15) is 9.59 Å². The van der Waals surface area contributed by atoms with Gasteiger partial charge < -0.3 is 15.0 Å². The van der Waals surface area contributed by atoms with E-state index in [0.717, 1.165) is 11.4 Å². The number of carbonyl (C=O) groups excluding carboxylic acids is 2. The van der Waals surface area contributed by atoms with Crippen molar-refractivity contribution in [3.8, 4) is 5.75 Å². The molecule has 25 heavy (non-hydrogen) atoms. The third kappa shape index (κ3) is 5.50. The summed E-state index contributed by atoms with van der Waals surface area (Å²) in [5, 5.41) is 3.30. The van der Waals surface area contributed by atoms with E-state index in [-0.39, 0.29) is 11.8 Å². The maximum atomic E-state index is 12.1. The smallest absolute Gasteiger partial charge is 0.251 e. The number of carbonyl (C=O) groups is 2. The summed E-state index contributed by atoms with van der Waals surface area (Å²) in [5.41, 5.74) is 1.25. The summed E-state index contributed by atoms with van der Waals surface area (Å²) in [6, 6.07) is 14.0. The zero-order chi connectivity index (χ0) is 18.2. The Morgan fingerprint density at radius 2 is 1.88 bits per heavy atom. The van der Waals surface area contributed by atoms with Gasteiger partial charge in [-0.05, 0) is 49.4 Å². The molecular weight excluding hydrogens is 340 g/mol. The van der Waals surface area contributed by atoms with E-state index >= 15 is 0 Å². The standard InChI is InChI=1S/C19H21ClN2O3/c1-3-25-18-9-7-17(8-10-18)22(14(2)23)12-11-21-19(24)15-5-4-6-16(20)13-15/h4-10,13H,3,11-12H2,1-2H3,(H,21,24). The van der Waals surface area contributed by atoms with Crippen molar-refractivity contribution in [1.29, 1.82) is 0 Å². The average molecular weight is 361 g/mol. The molecule has 2 aromatic rings. The Hall–Kier alpha value is -2.53. The monoisotopic (exact) mass is 360 g/mol. The van der Waals surface area contributed by atoms with Crippen LogP contribution in [0.1, 0.15) is 24.2 Å². The fraction of sp³-hybridized carbons (Fsp3) is 0.263. The van der Waals surface area contributed by atoms with Gasteiger partial charge in [0.1, 0.15) is 5.75 Å². The molecule has 2 aromatic carbocycles. The van der Waals surface area contributed by atoms with Gasteiger partial charge in [0.2, 0.25) is 5.91 Å². The fourth-order valence-corrected chi connectivity index (χ4v) is 2.56. The Labute approximate surface area is 152 Å². The molecular formula is C19H21ClN2O3. The molecule has 0 saturated carbocycles. The molecule has 0 aliphatic rings. The van der Waals surface area contributed by atoms with Crippen LogP contribution >= 0.6 is 11.6 Å². The number of benzene rings is 2. The normalized spacial score (nSPS) is 10.2. The molecule has 0 heterocycles. The molecule has 0 bridgehead atoms. The molecule has 0 aliphatic heterocycles. The third-order valence-corrected chi connectivity index (χ3v) is 3.78. The lowest BCUT2D eigenvalue weighted by Gasteiger charge is -2.21. The van der Waals surface area contributed by atoms with Crippen molar-refractivity contribution in [3.05, 3.63) is 59.1 Å². The lowest BCUT2D eigenvalue weighted by atomic mass is 10.2. The molecule has 0 spiro atoms. The Morgan fingerprint density at radius 1 is 1.16 bits per heavy atom. The Morgan fingerprint density at radius 3 is 2.48 bits per heavy atom. The number of amides is 2. The maximum Gasteiger partial charge on any atom is 0.251 e. The highest BCUT2D eigenvalue weighted by atomic mass is 35.5. The predicted octanol–water partition coefficient (Wildman–Crippen LogP) is 3.52.